The topological polar surface area (TPSA) is 49.2 Å². The summed E-state index contributed by atoms with van der Waals surface area (Å²) >= 11 is 4.74. The molecule has 0 saturated carbocycles. The molecule has 0 aliphatic carbocycles. The van der Waals surface area contributed by atoms with Gasteiger partial charge in [-0.15, -0.1) is 10.2 Å². The SMILES string of the molecule is CCCN(CCO)c1nnc(Br)s1. The van der Waals surface area contributed by atoms with E-state index >= 15 is 0 Å². The first-order valence-corrected chi connectivity index (χ1v) is 5.73. The molecule has 6 heteroatoms. The van der Waals surface area contributed by atoms with E-state index < -0.39 is 0 Å². The summed E-state index contributed by atoms with van der Waals surface area (Å²) in [6.45, 7) is 3.77. The number of rotatable bonds is 5. The molecule has 0 fully saturated rings. The Hall–Kier alpha value is -0.200. The van der Waals surface area contributed by atoms with Crippen molar-refractivity contribution < 1.29 is 5.11 Å². The van der Waals surface area contributed by atoms with Crippen molar-refractivity contribution in [2.24, 2.45) is 0 Å². The van der Waals surface area contributed by atoms with Crippen molar-refractivity contribution in [3.05, 3.63) is 3.92 Å². The fourth-order valence-electron chi connectivity index (χ4n) is 1.02. The Morgan fingerprint density at radius 1 is 1.46 bits per heavy atom. The fraction of sp³-hybridized carbons (Fsp3) is 0.714. The van der Waals surface area contributed by atoms with Crippen LogP contribution in [0.4, 0.5) is 5.13 Å². The monoisotopic (exact) mass is 265 g/mol. The molecule has 0 amide bonds. The minimum atomic E-state index is 0.150. The number of hydrogen-bond donors (Lipinski definition) is 1. The standard InChI is InChI=1S/C7H12BrN3OS/c1-2-3-11(4-5-12)7-10-9-6(8)13-7/h12H,2-5H2,1H3. The molecule has 0 spiro atoms. The zero-order chi connectivity index (χ0) is 9.68. The highest BCUT2D eigenvalue weighted by atomic mass is 79.9. The van der Waals surface area contributed by atoms with Gasteiger partial charge in [0.2, 0.25) is 5.13 Å². The van der Waals surface area contributed by atoms with E-state index in [-0.39, 0.29) is 6.61 Å². The van der Waals surface area contributed by atoms with Crippen molar-refractivity contribution in [1.29, 1.82) is 0 Å². The maximum Gasteiger partial charge on any atom is 0.209 e. The van der Waals surface area contributed by atoms with Crippen LogP contribution >= 0.6 is 27.3 Å². The summed E-state index contributed by atoms with van der Waals surface area (Å²) in [5, 5.41) is 17.6. The zero-order valence-corrected chi connectivity index (χ0v) is 9.81. The van der Waals surface area contributed by atoms with E-state index in [9.17, 15) is 0 Å². The molecule has 1 heterocycles. The normalized spacial score (nSPS) is 10.4. The van der Waals surface area contributed by atoms with Crippen molar-refractivity contribution >= 4 is 32.4 Å². The molecule has 0 bridgehead atoms. The molecule has 1 aromatic rings. The van der Waals surface area contributed by atoms with Crippen molar-refractivity contribution in [2.75, 3.05) is 24.6 Å². The lowest BCUT2D eigenvalue weighted by atomic mass is 10.4. The molecular weight excluding hydrogens is 254 g/mol. The maximum atomic E-state index is 8.83. The highest BCUT2D eigenvalue weighted by Crippen LogP contribution is 2.23. The van der Waals surface area contributed by atoms with Crippen LogP contribution in [0.5, 0.6) is 0 Å². The van der Waals surface area contributed by atoms with E-state index in [1.165, 1.54) is 11.3 Å². The van der Waals surface area contributed by atoms with Crippen molar-refractivity contribution in [2.45, 2.75) is 13.3 Å². The van der Waals surface area contributed by atoms with Crippen LogP contribution in [0.3, 0.4) is 0 Å². The van der Waals surface area contributed by atoms with Gasteiger partial charge in [-0.1, -0.05) is 18.3 Å². The summed E-state index contributed by atoms with van der Waals surface area (Å²) in [5.74, 6) is 0. The van der Waals surface area contributed by atoms with Gasteiger partial charge in [0, 0.05) is 13.1 Å². The first-order chi connectivity index (χ1) is 6.27. The first kappa shape index (κ1) is 10.9. The Morgan fingerprint density at radius 3 is 2.69 bits per heavy atom. The average Bonchev–Trinajstić information content (AvgIpc) is 2.51. The van der Waals surface area contributed by atoms with E-state index in [1.54, 1.807) is 0 Å². The molecule has 13 heavy (non-hydrogen) atoms. The molecule has 1 N–H and O–H groups in total. The Balaban J connectivity index is 2.63. The van der Waals surface area contributed by atoms with Gasteiger partial charge in [-0.2, -0.15) is 0 Å². The van der Waals surface area contributed by atoms with E-state index in [2.05, 4.69) is 33.1 Å². The molecule has 1 aromatic heterocycles. The third kappa shape index (κ3) is 3.21. The quantitative estimate of drug-likeness (QED) is 0.877. The van der Waals surface area contributed by atoms with Crippen LogP contribution in [-0.4, -0.2) is 35.0 Å². The van der Waals surface area contributed by atoms with Crippen LogP contribution in [0.1, 0.15) is 13.3 Å². The van der Waals surface area contributed by atoms with E-state index in [4.69, 9.17) is 5.11 Å². The van der Waals surface area contributed by atoms with Gasteiger partial charge in [0.25, 0.3) is 0 Å². The number of halogens is 1. The number of aromatic nitrogens is 2. The van der Waals surface area contributed by atoms with Gasteiger partial charge in [-0.3, -0.25) is 0 Å². The fourth-order valence-corrected chi connectivity index (χ4v) is 2.16. The second-order valence-corrected chi connectivity index (χ2v) is 4.78. The number of aliphatic hydroxyl groups is 1. The minimum absolute atomic E-state index is 0.150. The molecule has 0 aromatic carbocycles. The predicted octanol–water partition coefficient (Wildman–Crippen LogP) is 1.51. The summed E-state index contributed by atoms with van der Waals surface area (Å²) in [6.07, 6.45) is 1.04. The third-order valence-electron chi connectivity index (χ3n) is 1.52. The van der Waals surface area contributed by atoms with Crippen molar-refractivity contribution in [1.82, 2.24) is 10.2 Å². The van der Waals surface area contributed by atoms with E-state index in [1.807, 2.05) is 4.90 Å². The third-order valence-corrected chi connectivity index (χ3v) is 2.94. The summed E-state index contributed by atoms with van der Waals surface area (Å²) in [4.78, 5) is 2.03. The van der Waals surface area contributed by atoms with Crippen molar-refractivity contribution in [3.8, 4) is 0 Å². The summed E-state index contributed by atoms with van der Waals surface area (Å²) in [7, 11) is 0. The lowest BCUT2D eigenvalue weighted by Gasteiger charge is -2.18. The maximum absolute atomic E-state index is 8.83. The van der Waals surface area contributed by atoms with E-state index in [0.29, 0.717) is 6.54 Å². The van der Waals surface area contributed by atoms with Crippen LogP contribution in [-0.2, 0) is 0 Å². The van der Waals surface area contributed by atoms with Crippen LogP contribution in [0.2, 0.25) is 0 Å². The highest BCUT2D eigenvalue weighted by Gasteiger charge is 2.09. The lowest BCUT2D eigenvalue weighted by Crippen LogP contribution is -2.27. The van der Waals surface area contributed by atoms with Gasteiger partial charge in [-0.25, -0.2) is 0 Å². The molecule has 0 aliphatic rings. The summed E-state index contributed by atoms with van der Waals surface area (Å²) < 4.78 is 0.779. The van der Waals surface area contributed by atoms with Gasteiger partial charge >= 0.3 is 0 Å². The Labute approximate surface area is 89.7 Å². The van der Waals surface area contributed by atoms with Crippen LogP contribution < -0.4 is 4.90 Å². The molecule has 74 valence electrons. The summed E-state index contributed by atoms with van der Waals surface area (Å²) in [6, 6.07) is 0. The van der Waals surface area contributed by atoms with E-state index in [0.717, 1.165) is 22.0 Å². The molecule has 0 saturated heterocycles. The number of aliphatic hydroxyl groups excluding tert-OH is 1. The highest BCUT2D eigenvalue weighted by molar-refractivity contribution is 9.11. The van der Waals surface area contributed by atoms with Gasteiger partial charge in [0.1, 0.15) is 0 Å². The number of anilines is 1. The van der Waals surface area contributed by atoms with Gasteiger partial charge in [-0.05, 0) is 22.4 Å². The number of hydrogen-bond acceptors (Lipinski definition) is 5. The Morgan fingerprint density at radius 2 is 2.23 bits per heavy atom. The van der Waals surface area contributed by atoms with Crippen LogP contribution in [0.15, 0.2) is 3.92 Å². The summed E-state index contributed by atoms with van der Waals surface area (Å²) in [5.41, 5.74) is 0. The Bertz CT molecular complexity index is 250. The molecule has 0 atom stereocenters. The molecule has 0 radical (unpaired) electrons. The molecule has 0 unspecified atom stereocenters. The van der Waals surface area contributed by atoms with Gasteiger partial charge < -0.3 is 10.0 Å². The van der Waals surface area contributed by atoms with Crippen LogP contribution in [0, 0.1) is 0 Å². The minimum Gasteiger partial charge on any atom is -0.395 e. The average molecular weight is 266 g/mol. The second kappa shape index (κ2) is 5.51. The zero-order valence-electron chi connectivity index (χ0n) is 7.40. The van der Waals surface area contributed by atoms with Crippen molar-refractivity contribution in [3.63, 3.8) is 0 Å². The second-order valence-electron chi connectivity index (χ2n) is 2.55. The van der Waals surface area contributed by atoms with Crippen LogP contribution in [0.25, 0.3) is 0 Å². The number of nitrogens with zero attached hydrogens (tertiary/aromatic N) is 3. The van der Waals surface area contributed by atoms with Gasteiger partial charge in [0.05, 0.1) is 6.61 Å². The molecule has 1 rings (SSSR count). The lowest BCUT2D eigenvalue weighted by molar-refractivity contribution is 0.301. The Kier molecular flexibility index (Phi) is 4.61. The predicted molar refractivity (Wildman–Crippen MR) is 57.2 cm³/mol. The molecule has 4 nitrogen and oxygen atoms in total. The largest absolute Gasteiger partial charge is 0.395 e. The molecular formula is C7H12BrN3OS. The smallest absolute Gasteiger partial charge is 0.209 e. The molecule has 0 aliphatic heterocycles. The van der Waals surface area contributed by atoms with Gasteiger partial charge in [0.15, 0.2) is 3.92 Å². The first-order valence-electron chi connectivity index (χ1n) is 4.12.